The Hall–Kier alpha value is -2.17. The Morgan fingerprint density at radius 3 is 2.56 bits per heavy atom. The molecule has 2 aromatic rings. The van der Waals surface area contributed by atoms with E-state index in [4.69, 9.17) is 11.6 Å². The van der Waals surface area contributed by atoms with Crippen LogP contribution in [0.15, 0.2) is 62.4 Å². The number of amides is 1. The van der Waals surface area contributed by atoms with Crippen molar-refractivity contribution in [3.63, 3.8) is 0 Å². The second-order valence-electron chi connectivity index (χ2n) is 5.29. The summed E-state index contributed by atoms with van der Waals surface area (Å²) in [7, 11) is -1.64. The number of benzene rings is 1. The molecule has 0 radical (unpaired) electrons. The van der Waals surface area contributed by atoms with Crippen LogP contribution in [0.2, 0.25) is 5.02 Å². The van der Waals surface area contributed by atoms with Gasteiger partial charge in [0.25, 0.3) is 5.91 Å². The predicted molar refractivity (Wildman–Crippen MR) is 95.9 cm³/mol. The Morgan fingerprint density at radius 2 is 1.96 bits per heavy atom. The Bertz CT molecular complexity index is 953. The lowest BCUT2D eigenvalue weighted by molar-refractivity contribution is -0.0966. The highest BCUT2D eigenvalue weighted by molar-refractivity contribution is 7.87. The average molecular weight is 434 g/mol. The van der Waals surface area contributed by atoms with Crippen LogP contribution in [-0.2, 0) is 10.8 Å². The number of hydrogen-bond acceptors (Lipinski definition) is 5. The number of thiazole rings is 1. The van der Waals surface area contributed by atoms with Crippen molar-refractivity contribution >= 4 is 39.6 Å². The molecule has 1 aliphatic rings. The molecule has 27 heavy (non-hydrogen) atoms. The number of carbonyl (C=O) groups excluding carboxylic acids is 1. The molecule has 5 nitrogen and oxygen atoms in total. The van der Waals surface area contributed by atoms with Gasteiger partial charge in [-0.15, -0.1) is 11.3 Å². The number of halogens is 4. The van der Waals surface area contributed by atoms with E-state index in [0.29, 0.717) is 9.92 Å². The highest BCUT2D eigenvalue weighted by Crippen LogP contribution is 2.26. The number of nitrogens with one attached hydrogen (secondary N) is 2. The quantitative estimate of drug-likeness (QED) is 0.772. The van der Waals surface area contributed by atoms with Crippen LogP contribution in [0.1, 0.15) is 10.5 Å². The van der Waals surface area contributed by atoms with Gasteiger partial charge in [0, 0.05) is 15.6 Å². The first-order chi connectivity index (χ1) is 12.8. The van der Waals surface area contributed by atoms with Crippen molar-refractivity contribution in [2.45, 2.75) is 15.3 Å². The monoisotopic (exact) mass is 433 g/mol. The zero-order valence-electron chi connectivity index (χ0n) is 13.3. The molecule has 1 aromatic carbocycles. The van der Waals surface area contributed by atoms with Gasteiger partial charge in [0.05, 0.1) is 22.9 Å². The van der Waals surface area contributed by atoms with Crippen LogP contribution in [0, 0.1) is 0 Å². The van der Waals surface area contributed by atoms with Gasteiger partial charge in [0.1, 0.15) is 9.91 Å². The first kappa shape index (κ1) is 19.6. The van der Waals surface area contributed by atoms with Gasteiger partial charge in [0.15, 0.2) is 5.69 Å². The fourth-order valence-electron chi connectivity index (χ4n) is 2.16. The fraction of sp³-hybridized carbons (Fsp3) is 0.125. The average Bonchev–Trinajstić information content (AvgIpc) is 3.11. The van der Waals surface area contributed by atoms with E-state index in [1.54, 1.807) is 24.3 Å². The number of nitrogens with zero attached hydrogens (tertiary/aromatic N) is 1. The number of carbonyl (C=O) groups is 1. The molecule has 3 rings (SSSR count). The van der Waals surface area contributed by atoms with Crippen LogP contribution in [-0.4, -0.2) is 27.8 Å². The third kappa shape index (κ3) is 4.57. The lowest BCUT2D eigenvalue weighted by Crippen LogP contribution is -2.35. The molecule has 2 N–H and O–H groups in total. The minimum absolute atomic E-state index is 0.0419. The standard InChI is InChI=1S/C16H11ClF3N3O2S2/c17-9-1-4-11(5-2-9)27(25)15-13(22-8-26-15)14(24)23-10-3-6-12(21-7-10)16(18,19)20/h1-6,8,21H,7H2,(H,23,24). The molecule has 11 heteroatoms. The van der Waals surface area contributed by atoms with E-state index >= 15 is 0 Å². The van der Waals surface area contributed by atoms with E-state index < -0.39 is 28.6 Å². The summed E-state index contributed by atoms with van der Waals surface area (Å²) in [5.74, 6) is -0.648. The van der Waals surface area contributed by atoms with Gasteiger partial charge in [-0.2, -0.15) is 13.2 Å². The summed E-state index contributed by atoms with van der Waals surface area (Å²) in [6, 6.07) is 6.32. The zero-order chi connectivity index (χ0) is 19.6. The number of alkyl halides is 3. The van der Waals surface area contributed by atoms with Crippen molar-refractivity contribution in [3.05, 3.63) is 64.0 Å². The minimum Gasteiger partial charge on any atom is -0.375 e. The number of aromatic nitrogens is 1. The number of hydrogen-bond donors (Lipinski definition) is 2. The summed E-state index contributed by atoms with van der Waals surface area (Å²) in [6.07, 6.45) is -2.48. The lowest BCUT2D eigenvalue weighted by atomic mass is 10.2. The fourth-order valence-corrected chi connectivity index (χ4v) is 4.48. The molecule has 1 unspecified atom stereocenters. The molecule has 142 valence electrons. The molecule has 1 atom stereocenters. The van der Waals surface area contributed by atoms with E-state index in [9.17, 15) is 22.2 Å². The first-order valence-electron chi connectivity index (χ1n) is 7.40. The number of rotatable bonds is 4. The molecular formula is C16H11ClF3N3O2S2. The Morgan fingerprint density at radius 1 is 1.26 bits per heavy atom. The van der Waals surface area contributed by atoms with Crippen molar-refractivity contribution in [2.75, 3.05) is 6.54 Å². The van der Waals surface area contributed by atoms with Gasteiger partial charge in [-0.25, -0.2) is 9.19 Å². The summed E-state index contributed by atoms with van der Waals surface area (Å²) < 4.78 is 50.7. The molecule has 0 aliphatic carbocycles. The lowest BCUT2D eigenvalue weighted by Gasteiger charge is -2.19. The summed E-state index contributed by atoms with van der Waals surface area (Å²) in [5, 5.41) is 5.16. The number of allylic oxidation sites excluding steroid dienone is 3. The first-order valence-corrected chi connectivity index (χ1v) is 9.80. The molecule has 1 aromatic heterocycles. The highest BCUT2D eigenvalue weighted by Gasteiger charge is 2.34. The highest BCUT2D eigenvalue weighted by atomic mass is 35.5. The molecule has 0 saturated heterocycles. The molecule has 1 amide bonds. The van der Waals surface area contributed by atoms with Crippen LogP contribution in [0.3, 0.4) is 0 Å². The predicted octanol–water partition coefficient (Wildman–Crippen LogP) is 3.63. The summed E-state index contributed by atoms with van der Waals surface area (Å²) >= 11 is 6.86. The van der Waals surface area contributed by atoms with Crippen LogP contribution in [0.5, 0.6) is 0 Å². The molecular weight excluding hydrogens is 423 g/mol. The maximum absolute atomic E-state index is 12.7. The summed E-state index contributed by atoms with van der Waals surface area (Å²) in [5.41, 5.74) is 0.690. The maximum atomic E-state index is 12.7. The molecule has 2 heterocycles. The maximum Gasteiger partial charge on any atom is 0.430 e. The van der Waals surface area contributed by atoms with Gasteiger partial charge in [-0.1, -0.05) is 11.6 Å². The summed E-state index contributed by atoms with van der Waals surface area (Å²) in [6.45, 7) is -0.198. The number of dihydropyridines is 1. The molecule has 0 spiro atoms. The van der Waals surface area contributed by atoms with E-state index in [1.165, 1.54) is 11.6 Å². The third-order valence-corrected chi connectivity index (χ3v) is 6.29. The van der Waals surface area contributed by atoms with Crippen molar-refractivity contribution in [2.24, 2.45) is 0 Å². The SMILES string of the molecule is O=C(NC1=CC=C(C(F)(F)F)NC1)c1ncsc1S(=O)c1ccc(Cl)cc1. The van der Waals surface area contributed by atoms with E-state index in [2.05, 4.69) is 15.6 Å². The Kier molecular flexibility index (Phi) is 5.68. The Balaban J connectivity index is 1.77. The smallest absolute Gasteiger partial charge is 0.375 e. The van der Waals surface area contributed by atoms with Crippen molar-refractivity contribution < 1.29 is 22.2 Å². The van der Waals surface area contributed by atoms with Crippen molar-refractivity contribution in [1.82, 2.24) is 15.6 Å². The van der Waals surface area contributed by atoms with Crippen LogP contribution in [0.25, 0.3) is 0 Å². The van der Waals surface area contributed by atoms with Gasteiger partial charge in [0.2, 0.25) is 0 Å². The van der Waals surface area contributed by atoms with Crippen LogP contribution < -0.4 is 10.6 Å². The van der Waals surface area contributed by atoms with E-state index in [0.717, 1.165) is 17.4 Å². The normalized spacial score (nSPS) is 15.4. The summed E-state index contributed by atoms with van der Waals surface area (Å²) in [4.78, 5) is 16.8. The molecule has 0 bridgehead atoms. The van der Waals surface area contributed by atoms with E-state index in [1.807, 2.05) is 0 Å². The topological polar surface area (TPSA) is 71.1 Å². The van der Waals surface area contributed by atoms with Gasteiger partial charge in [-0.05, 0) is 36.4 Å². The van der Waals surface area contributed by atoms with Gasteiger partial charge >= 0.3 is 6.18 Å². The molecule has 0 saturated carbocycles. The van der Waals surface area contributed by atoms with E-state index in [-0.39, 0.29) is 22.1 Å². The van der Waals surface area contributed by atoms with Crippen molar-refractivity contribution in [1.29, 1.82) is 0 Å². The molecule has 0 fully saturated rings. The third-order valence-electron chi connectivity index (χ3n) is 3.45. The second kappa shape index (κ2) is 7.83. The van der Waals surface area contributed by atoms with Crippen LogP contribution in [0.4, 0.5) is 13.2 Å². The van der Waals surface area contributed by atoms with Crippen molar-refractivity contribution in [3.8, 4) is 0 Å². The van der Waals surface area contributed by atoms with Crippen LogP contribution >= 0.6 is 22.9 Å². The zero-order valence-corrected chi connectivity index (χ0v) is 15.7. The van der Waals surface area contributed by atoms with Gasteiger partial charge < -0.3 is 10.6 Å². The second-order valence-corrected chi connectivity index (χ2v) is 8.26. The molecule has 1 aliphatic heterocycles. The largest absolute Gasteiger partial charge is 0.430 e. The minimum atomic E-state index is -4.48. The Labute approximate surface area is 163 Å². The van der Waals surface area contributed by atoms with Gasteiger partial charge in [-0.3, -0.25) is 4.79 Å².